The highest BCUT2D eigenvalue weighted by molar-refractivity contribution is 5.34. The van der Waals surface area contributed by atoms with Crippen molar-refractivity contribution in [2.24, 2.45) is 0 Å². The highest BCUT2D eigenvalue weighted by atomic mass is 19.4. The zero-order chi connectivity index (χ0) is 11.5. The minimum absolute atomic E-state index is 0.0600. The van der Waals surface area contributed by atoms with Crippen LogP contribution < -0.4 is 4.74 Å². The molecule has 1 aromatic rings. The van der Waals surface area contributed by atoms with E-state index in [1.54, 1.807) is 12.1 Å². The van der Waals surface area contributed by atoms with Crippen LogP contribution in [-0.2, 0) is 0 Å². The van der Waals surface area contributed by atoms with Gasteiger partial charge in [-0.05, 0) is 13.0 Å². The van der Waals surface area contributed by atoms with Crippen molar-refractivity contribution in [2.45, 2.75) is 19.2 Å². The fraction of sp³-hybridized carbons (Fsp3) is 0.400. The molecule has 84 valence electrons. The number of rotatable bonds is 3. The Balaban J connectivity index is 2.76. The molecule has 0 amide bonds. The Morgan fingerprint density at radius 3 is 2.47 bits per heavy atom. The largest absolute Gasteiger partial charge is 0.484 e. The molecule has 1 atom stereocenters. The lowest BCUT2D eigenvalue weighted by molar-refractivity contribution is -0.153. The molecule has 0 aliphatic carbocycles. The minimum Gasteiger partial charge on any atom is -0.484 e. The van der Waals surface area contributed by atoms with Gasteiger partial charge in [-0.1, -0.05) is 18.2 Å². The van der Waals surface area contributed by atoms with Gasteiger partial charge in [0.15, 0.2) is 6.61 Å². The maximum absolute atomic E-state index is 11.9. The van der Waals surface area contributed by atoms with Crippen LogP contribution in [0.25, 0.3) is 0 Å². The summed E-state index contributed by atoms with van der Waals surface area (Å²) in [7, 11) is 0. The van der Waals surface area contributed by atoms with Crippen LogP contribution in [0, 0.1) is 0 Å². The SMILES string of the molecule is C[C@H](O)c1ccccc1OCC(F)(F)F. The van der Waals surface area contributed by atoms with Crippen molar-refractivity contribution in [1.29, 1.82) is 0 Å². The van der Waals surface area contributed by atoms with Crippen LogP contribution in [0.2, 0.25) is 0 Å². The first-order valence-corrected chi connectivity index (χ1v) is 4.36. The Labute approximate surface area is 85.3 Å². The van der Waals surface area contributed by atoms with Crippen LogP contribution in [-0.4, -0.2) is 17.9 Å². The molecule has 0 saturated carbocycles. The Morgan fingerprint density at radius 2 is 1.93 bits per heavy atom. The van der Waals surface area contributed by atoms with Crippen LogP contribution >= 0.6 is 0 Å². The summed E-state index contributed by atoms with van der Waals surface area (Å²) in [5, 5.41) is 9.27. The molecule has 0 aliphatic heterocycles. The monoisotopic (exact) mass is 220 g/mol. The molecular formula is C10H11F3O2. The van der Waals surface area contributed by atoms with Gasteiger partial charge in [0.2, 0.25) is 0 Å². The van der Waals surface area contributed by atoms with Crippen molar-refractivity contribution < 1.29 is 23.0 Å². The Morgan fingerprint density at radius 1 is 1.33 bits per heavy atom. The van der Waals surface area contributed by atoms with Crippen molar-refractivity contribution in [3.05, 3.63) is 29.8 Å². The zero-order valence-corrected chi connectivity index (χ0v) is 8.08. The fourth-order valence-electron chi connectivity index (χ4n) is 1.12. The van der Waals surface area contributed by atoms with Gasteiger partial charge in [-0.15, -0.1) is 0 Å². The van der Waals surface area contributed by atoms with E-state index in [-0.39, 0.29) is 5.75 Å². The molecular weight excluding hydrogens is 209 g/mol. The molecule has 0 heterocycles. The zero-order valence-electron chi connectivity index (χ0n) is 8.08. The van der Waals surface area contributed by atoms with Gasteiger partial charge in [0.25, 0.3) is 0 Å². The summed E-state index contributed by atoms with van der Waals surface area (Å²) in [6, 6.07) is 6.10. The summed E-state index contributed by atoms with van der Waals surface area (Å²) in [4.78, 5) is 0. The highest BCUT2D eigenvalue weighted by Gasteiger charge is 2.28. The molecule has 0 fully saturated rings. The third-order valence-electron chi connectivity index (χ3n) is 1.76. The topological polar surface area (TPSA) is 29.5 Å². The third kappa shape index (κ3) is 3.79. The number of aliphatic hydroxyl groups excluding tert-OH is 1. The Kier molecular flexibility index (Phi) is 3.57. The van der Waals surface area contributed by atoms with Gasteiger partial charge in [0.1, 0.15) is 5.75 Å². The summed E-state index contributed by atoms with van der Waals surface area (Å²) in [5.74, 6) is 0.0600. The molecule has 0 saturated heterocycles. The number of ether oxygens (including phenoxy) is 1. The third-order valence-corrected chi connectivity index (χ3v) is 1.76. The van der Waals surface area contributed by atoms with Crippen LogP contribution in [0.4, 0.5) is 13.2 Å². The van der Waals surface area contributed by atoms with Crippen LogP contribution in [0.1, 0.15) is 18.6 Å². The van der Waals surface area contributed by atoms with E-state index in [2.05, 4.69) is 4.74 Å². The molecule has 1 rings (SSSR count). The van der Waals surface area contributed by atoms with Crippen molar-refractivity contribution in [2.75, 3.05) is 6.61 Å². The average Bonchev–Trinajstić information content (AvgIpc) is 2.14. The van der Waals surface area contributed by atoms with E-state index < -0.39 is 18.9 Å². The standard InChI is InChI=1S/C10H11F3O2/c1-7(14)8-4-2-3-5-9(8)15-6-10(11,12)13/h2-5,7,14H,6H2,1H3/t7-/m0/s1. The van der Waals surface area contributed by atoms with E-state index in [0.717, 1.165) is 0 Å². The molecule has 0 unspecified atom stereocenters. The molecule has 0 aromatic heterocycles. The number of para-hydroxylation sites is 1. The molecule has 0 bridgehead atoms. The number of benzene rings is 1. The number of hydrogen-bond donors (Lipinski definition) is 1. The first-order valence-electron chi connectivity index (χ1n) is 4.36. The number of halogens is 3. The van der Waals surface area contributed by atoms with Gasteiger partial charge < -0.3 is 9.84 Å². The maximum atomic E-state index is 11.9. The second-order valence-electron chi connectivity index (χ2n) is 3.12. The summed E-state index contributed by atoms with van der Waals surface area (Å²) < 4.78 is 40.2. The van der Waals surface area contributed by atoms with Crippen LogP contribution in [0.3, 0.4) is 0 Å². The fourth-order valence-corrected chi connectivity index (χ4v) is 1.12. The van der Waals surface area contributed by atoms with Crippen molar-refractivity contribution >= 4 is 0 Å². The lowest BCUT2D eigenvalue weighted by Crippen LogP contribution is -2.19. The van der Waals surface area contributed by atoms with Crippen LogP contribution in [0.15, 0.2) is 24.3 Å². The van der Waals surface area contributed by atoms with Crippen molar-refractivity contribution in [1.82, 2.24) is 0 Å². The number of aliphatic hydroxyl groups is 1. The quantitative estimate of drug-likeness (QED) is 0.848. The van der Waals surface area contributed by atoms with Crippen molar-refractivity contribution in [3.8, 4) is 5.75 Å². The first-order chi connectivity index (χ1) is 6.90. The second-order valence-corrected chi connectivity index (χ2v) is 3.12. The summed E-state index contributed by atoms with van der Waals surface area (Å²) >= 11 is 0. The molecule has 0 aliphatic rings. The summed E-state index contributed by atoms with van der Waals surface area (Å²) in [5.41, 5.74) is 0.349. The maximum Gasteiger partial charge on any atom is 0.422 e. The van der Waals surface area contributed by atoms with E-state index in [1.165, 1.54) is 19.1 Å². The predicted molar refractivity (Wildman–Crippen MR) is 48.6 cm³/mol. The molecule has 5 heteroatoms. The summed E-state index contributed by atoms with van der Waals surface area (Å²) in [6.45, 7) is 0.118. The smallest absolute Gasteiger partial charge is 0.422 e. The molecule has 15 heavy (non-hydrogen) atoms. The van der Waals surface area contributed by atoms with Crippen LogP contribution in [0.5, 0.6) is 5.75 Å². The van der Waals surface area contributed by atoms with Gasteiger partial charge in [-0.2, -0.15) is 13.2 Å². The lowest BCUT2D eigenvalue weighted by atomic mass is 10.1. The highest BCUT2D eigenvalue weighted by Crippen LogP contribution is 2.26. The first kappa shape index (κ1) is 11.8. The predicted octanol–water partition coefficient (Wildman–Crippen LogP) is 2.68. The molecule has 1 aromatic carbocycles. The van der Waals surface area contributed by atoms with Crippen molar-refractivity contribution in [3.63, 3.8) is 0 Å². The van der Waals surface area contributed by atoms with E-state index in [0.29, 0.717) is 5.56 Å². The second kappa shape index (κ2) is 4.53. The summed E-state index contributed by atoms with van der Waals surface area (Å²) in [6.07, 6.45) is -5.22. The van der Waals surface area contributed by atoms with Gasteiger partial charge >= 0.3 is 6.18 Å². The number of alkyl halides is 3. The van der Waals surface area contributed by atoms with E-state index in [9.17, 15) is 18.3 Å². The van der Waals surface area contributed by atoms with Gasteiger partial charge in [-0.3, -0.25) is 0 Å². The normalized spacial score (nSPS) is 13.7. The van der Waals surface area contributed by atoms with Gasteiger partial charge in [0.05, 0.1) is 6.10 Å². The minimum atomic E-state index is -4.37. The Hall–Kier alpha value is -1.23. The van der Waals surface area contributed by atoms with E-state index in [4.69, 9.17) is 0 Å². The average molecular weight is 220 g/mol. The van der Waals surface area contributed by atoms with E-state index >= 15 is 0 Å². The van der Waals surface area contributed by atoms with Gasteiger partial charge in [-0.25, -0.2) is 0 Å². The van der Waals surface area contributed by atoms with Gasteiger partial charge in [0, 0.05) is 5.56 Å². The Bertz CT molecular complexity index is 321. The molecule has 0 spiro atoms. The van der Waals surface area contributed by atoms with E-state index in [1.807, 2.05) is 0 Å². The molecule has 0 radical (unpaired) electrons. The number of hydrogen-bond acceptors (Lipinski definition) is 2. The molecule has 2 nitrogen and oxygen atoms in total. The lowest BCUT2D eigenvalue weighted by Gasteiger charge is -2.14. The molecule has 1 N–H and O–H groups in total.